The number of nitrogens with one attached hydrogen (secondary N) is 4. The second-order valence-electron chi connectivity index (χ2n) is 15.1. The van der Waals surface area contributed by atoms with E-state index in [0.29, 0.717) is 32.5 Å². The van der Waals surface area contributed by atoms with E-state index in [2.05, 4.69) is 38.3 Å². The zero-order chi connectivity index (χ0) is 39.5. The Bertz CT molecular complexity index is 1840. The Morgan fingerprint density at radius 2 is 1.57 bits per heavy atom. The largest absolute Gasteiger partial charge is 0.491 e. The fourth-order valence-electron chi connectivity index (χ4n) is 7.71. The summed E-state index contributed by atoms with van der Waals surface area (Å²) in [5.74, 6) is -1.85. The van der Waals surface area contributed by atoms with Gasteiger partial charge in [-0.05, 0) is 61.4 Å². The summed E-state index contributed by atoms with van der Waals surface area (Å²) >= 11 is 0. The Hall–Kier alpha value is -5.27. The van der Waals surface area contributed by atoms with Crippen LogP contribution in [0.4, 0.5) is 0 Å². The van der Waals surface area contributed by atoms with Crippen LogP contribution in [0.2, 0.25) is 0 Å². The van der Waals surface area contributed by atoms with Crippen molar-refractivity contribution < 1.29 is 33.4 Å². The van der Waals surface area contributed by atoms with Crippen molar-refractivity contribution in [3.05, 3.63) is 101 Å². The van der Waals surface area contributed by atoms with E-state index in [0.717, 1.165) is 49.2 Å². The van der Waals surface area contributed by atoms with E-state index in [-0.39, 0.29) is 43.2 Å². The number of hydrogen-bond acceptors (Lipinski definition) is 8. The maximum absolute atomic E-state index is 14.0. The minimum atomic E-state index is -1.19. The zero-order valence-electron chi connectivity index (χ0n) is 32.4. The highest BCUT2D eigenvalue weighted by molar-refractivity contribution is 6.00. The highest BCUT2D eigenvalue weighted by Crippen LogP contribution is 2.31. The number of morpholine rings is 1. The molecule has 2 fully saturated rings. The Labute approximate surface area is 328 Å². The summed E-state index contributed by atoms with van der Waals surface area (Å²) in [6.45, 7) is 5.83. The van der Waals surface area contributed by atoms with Gasteiger partial charge in [0.05, 0.1) is 24.8 Å². The topological polar surface area (TPSA) is 158 Å². The van der Waals surface area contributed by atoms with Crippen LogP contribution in [0.1, 0.15) is 72.5 Å². The van der Waals surface area contributed by atoms with Gasteiger partial charge in [0.1, 0.15) is 30.0 Å². The number of amides is 5. The van der Waals surface area contributed by atoms with Crippen LogP contribution in [0, 0.1) is 0 Å². The molecule has 56 heavy (non-hydrogen) atoms. The fraction of sp³-hybridized carbons (Fsp3) is 0.465. The third-order valence-electron chi connectivity index (χ3n) is 11.0. The van der Waals surface area contributed by atoms with E-state index in [1.807, 2.05) is 42.5 Å². The van der Waals surface area contributed by atoms with Gasteiger partial charge >= 0.3 is 0 Å². The summed E-state index contributed by atoms with van der Waals surface area (Å²) < 4.78 is 11.8. The molecule has 1 saturated heterocycles. The maximum Gasteiger partial charge on any atom is 0.255 e. The number of fused-ring (bicyclic) bond motifs is 1. The van der Waals surface area contributed by atoms with Crippen molar-refractivity contribution in [1.29, 1.82) is 0 Å². The summed E-state index contributed by atoms with van der Waals surface area (Å²) in [6.07, 6.45) is 2.64. The molecule has 1 saturated carbocycles. The van der Waals surface area contributed by atoms with Crippen LogP contribution >= 0.6 is 0 Å². The molecule has 2 heterocycles. The van der Waals surface area contributed by atoms with Gasteiger partial charge in [0.15, 0.2) is 0 Å². The average molecular weight is 767 g/mol. The quantitative estimate of drug-likeness (QED) is 0.286. The van der Waals surface area contributed by atoms with E-state index in [9.17, 15) is 24.0 Å². The Morgan fingerprint density at radius 1 is 0.875 bits per heavy atom. The number of rotatable bonds is 7. The molecule has 0 aromatic heterocycles. The Kier molecular flexibility index (Phi) is 13.7. The lowest BCUT2D eigenvalue weighted by molar-refractivity contribution is -0.139. The van der Waals surface area contributed by atoms with E-state index >= 15 is 0 Å². The highest BCUT2D eigenvalue weighted by Gasteiger charge is 2.44. The number of hydrogen-bond donors (Lipinski definition) is 4. The molecular formula is C43H54N6O7. The molecule has 3 aromatic carbocycles. The van der Waals surface area contributed by atoms with Crippen LogP contribution in [0.5, 0.6) is 5.75 Å². The van der Waals surface area contributed by atoms with Gasteiger partial charge in [0.25, 0.3) is 5.91 Å². The normalized spacial score (nSPS) is 22.8. The number of carbonyl (C=O) groups is 5. The smallest absolute Gasteiger partial charge is 0.255 e. The van der Waals surface area contributed by atoms with Crippen LogP contribution in [0.3, 0.4) is 0 Å². The van der Waals surface area contributed by atoms with Crippen LogP contribution in [0.25, 0.3) is 0 Å². The van der Waals surface area contributed by atoms with Gasteiger partial charge < -0.3 is 35.6 Å². The van der Waals surface area contributed by atoms with Crippen LogP contribution in [0.15, 0.2) is 78.9 Å². The molecule has 3 aromatic rings. The Morgan fingerprint density at radius 3 is 2.34 bits per heavy atom. The van der Waals surface area contributed by atoms with Gasteiger partial charge in [-0.1, -0.05) is 79.6 Å². The molecule has 1 spiro atoms. The van der Waals surface area contributed by atoms with Crippen molar-refractivity contribution in [3.63, 3.8) is 0 Å². The summed E-state index contributed by atoms with van der Waals surface area (Å²) in [4.78, 5) is 73.1. The van der Waals surface area contributed by atoms with Crippen molar-refractivity contribution >= 4 is 29.5 Å². The van der Waals surface area contributed by atoms with E-state index in [1.54, 1.807) is 43.1 Å². The van der Waals surface area contributed by atoms with Crippen LogP contribution in [-0.4, -0.2) is 103 Å². The minimum absolute atomic E-state index is 0.0139. The number of benzene rings is 3. The first-order valence-corrected chi connectivity index (χ1v) is 19.7. The highest BCUT2D eigenvalue weighted by atomic mass is 16.5. The summed E-state index contributed by atoms with van der Waals surface area (Å²) in [6, 6.07) is 22.0. The molecule has 0 bridgehead atoms. The van der Waals surface area contributed by atoms with Crippen LogP contribution < -0.4 is 26.0 Å². The molecule has 2 aliphatic heterocycles. The zero-order valence-corrected chi connectivity index (χ0v) is 32.4. The first-order chi connectivity index (χ1) is 27.1. The van der Waals surface area contributed by atoms with Crippen molar-refractivity contribution in [1.82, 2.24) is 31.1 Å². The van der Waals surface area contributed by atoms with Crippen molar-refractivity contribution in [3.8, 4) is 5.75 Å². The van der Waals surface area contributed by atoms with Gasteiger partial charge in [-0.15, -0.1) is 0 Å². The molecule has 3 atom stereocenters. The molecule has 298 valence electrons. The predicted molar refractivity (Wildman–Crippen MR) is 210 cm³/mol. The number of carbonyl (C=O) groups excluding carboxylic acids is 5. The van der Waals surface area contributed by atoms with Crippen LogP contribution in [-0.2, 0) is 43.4 Å². The summed E-state index contributed by atoms with van der Waals surface area (Å²) in [7, 11) is 1.68. The molecule has 0 unspecified atom stereocenters. The molecular weight excluding hydrogens is 713 g/mol. The van der Waals surface area contributed by atoms with E-state index < -0.39 is 47.3 Å². The lowest BCUT2D eigenvalue weighted by Gasteiger charge is -2.34. The first kappa shape index (κ1) is 40.4. The third kappa shape index (κ3) is 10.5. The summed E-state index contributed by atoms with van der Waals surface area (Å²) in [5, 5.41) is 11.7. The molecule has 0 radical (unpaired) electrons. The van der Waals surface area contributed by atoms with Gasteiger partial charge in [0, 0.05) is 39.6 Å². The lowest BCUT2D eigenvalue weighted by Crippen LogP contribution is -2.61. The molecule has 4 N–H and O–H groups in total. The lowest BCUT2D eigenvalue weighted by atomic mass is 9.95. The number of para-hydroxylation sites is 1. The van der Waals surface area contributed by atoms with Crippen molar-refractivity contribution in [2.75, 3.05) is 40.0 Å². The standard InChI is InChI=1S/C43H54N6O7/c1-30-41(53)48(2)34(26-31-11-4-3-5-12-31)29-56-37-16-7-6-15-35(37)39(51)46-36(17-18-38(50)47-43(42(54)45-30)19-8-9-20-43)40(52)44-27-32-13-10-14-33(25-32)28-49-21-23-55-24-22-49/h3-7,10-16,25,30,34,36H,8-9,17-24,26-29H2,1-2H3,(H,44,52)(H,45,54)(H,46,51)(H,47,50)/t30-,34-,36-/m0/s1. The SMILES string of the molecule is C[C@@H]1NC(=O)C2(CCCC2)NC(=O)CC[C@@H](C(=O)NCc2cccc(CN3CCOCC3)c2)NC(=O)c2ccccc2OC[C@H](Cc2ccccc2)N(C)C1=O. The molecule has 5 amide bonds. The Balaban J connectivity index is 1.24. The van der Waals surface area contributed by atoms with Gasteiger partial charge in [-0.25, -0.2) is 0 Å². The van der Waals surface area contributed by atoms with Gasteiger partial charge in [-0.2, -0.15) is 0 Å². The maximum atomic E-state index is 14.0. The van der Waals surface area contributed by atoms with Crippen molar-refractivity contribution in [2.45, 2.75) is 88.6 Å². The van der Waals surface area contributed by atoms with Crippen molar-refractivity contribution in [2.24, 2.45) is 0 Å². The molecule has 3 aliphatic rings. The second-order valence-corrected chi connectivity index (χ2v) is 15.1. The molecule has 1 aliphatic carbocycles. The summed E-state index contributed by atoms with van der Waals surface area (Å²) in [5.41, 5.74) is 2.04. The first-order valence-electron chi connectivity index (χ1n) is 19.7. The average Bonchev–Trinajstić information content (AvgIpc) is 3.69. The van der Waals surface area contributed by atoms with E-state index in [1.165, 1.54) is 0 Å². The predicted octanol–water partition coefficient (Wildman–Crippen LogP) is 3.11. The van der Waals surface area contributed by atoms with Gasteiger partial charge in [0.2, 0.25) is 23.6 Å². The molecule has 6 rings (SSSR count). The molecule has 13 heteroatoms. The van der Waals surface area contributed by atoms with E-state index in [4.69, 9.17) is 9.47 Å². The fourth-order valence-corrected chi connectivity index (χ4v) is 7.71. The minimum Gasteiger partial charge on any atom is -0.491 e. The van der Waals surface area contributed by atoms with Gasteiger partial charge in [-0.3, -0.25) is 28.9 Å². The third-order valence-corrected chi connectivity index (χ3v) is 11.0. The molecule has 13 nitrogen and oxygen atoms in total. The number of ether oxygens (including phenoxy) is 2. The second kappa shape index (κ2) is 19.1. The number of likely N-dealkylation sites (N-methyl/N-ethyl adjacent to an activating group) is 1. The monoisotopic (exact) mass is 766 g/mol. The number of nitrogens with zero attached hydrogens (tertiary/aromatic N) is 2.